The molecule has 10 nitrogen and oxygen atoms in total. The Morgan fingerprint density at radius 3 is 2.54 bits per heavy atom. The Morgan fingerprint density at radius 2 is 1.77 bits per heavy atom. The lowest BCUT2D eigenvalue weighted by atomic mass is 9.49. The van der Waals surface area contributed by atoms with Gasteiger partial charge in [-0.05, 0) is 110 Å². The number of hydrogen-bond acceptors (Lipinski definition) is 8. The Balaban J connectivity index is 0.959. The van der Waals surface area contributed by atoms with Gasteiger partial charge >= 0.3 is 6.16 Å². The molecule has 4 bridgehead atoms. The number of rotatable bonds is 7. The van der Waals surface area contributed by atoms with Gasteiger partial charge in [-0.2, -0.15) is 10.1 Å². The Morgan fingerprint density at radius 1 is 0.979 bits per heavy atom. The molecule has 0 unspecified atom stereocenters. The average molecular weight is 661 g/mol. The van der Waals surface area contributed by atoms with E-state index in [0.29, 0.717) is 47.0 Å². The predicted octanol–water partition coefficient (Wildman–Crippen LogP) is 7.64. The molecule has 0 spiro atoms. The van der Waals surface area contributed by atoms with E-state index in [2.05, 4.69) is 21.3 Å². The minimum Gasteiger partial charge on any atom is -0.449 e. The third kappa shape index (κ3) is 5.39. The number of carboxylic acid groups (broad SMARTS) is 1. The van der Waals surface area contributed by atoms with E-state index in [-0.39, 0.29) is 11.8 Å². The maximum atomic E-state index is 13.5. The van der Waals surface area contributed by atoms with Crippen LogP contribution < -0.4 is 15.0 Å². The van der Waals surface area contributed by atoms with Crippen molar-refractivity contribution < 1.29 is 19.4 Å². The molecule has 0 radical (unpaired) electrons. The topological polar surface area (TPSA) is 122 Å². The second kappa shape index (κ2) is 11.4. The van der Waals surface area contributed by atoms with Crippen LogP contribution >= 0.6 is 11.3 Å². The summed E-state index contributed by atoms with van der Waals surface area (Å²) in [4.78, 5) is 36.7. The van der Waals surface area contributed by atoms with Crippen molar-refractivity contribution >= 4 is 44.6 Å². The third-order valence-corrected chi connectivity index (χ3v) is 11.9. The zero-order valence-corrected chi connectivity index (χ0v) is 27.3. The predicted molar refractivity (Wildman–Crippen MR) is 183 cm³/mol. The first kappa shape index (κ1) is 29.4. The highest BCUT2D eigenvalue weighted by Crippen LogP contribution is 2.60. The standard InChI is InChI=1S/C37H36N6O4S/c44-33(41-35-39-30-6-1-2-7-31(30)48-35)28-5-3-4-25-10-11-42(20-29(25)28)32-9-8-27(34(40-32)47-36(45)46)26-18-38-43(19-26)21-37-15-22-12-23(16-37)14-24(13-22)17-37/h1-9,18-19,22-24H,10-17,20-21H2,(H,45,46)(H,39,41,44). The maximum absolute atomic E-state index is 13.5. The Bertz CT molecular complexity index is 2000. The number of anilines is 2. The van der Waals surface area contributed by atoms with Crippen molar-refractivity contribution in [3.63, 3.8) is 0 Å². The fourth-order valence-electron chi connectivity index (χ4n) is 9.48. The third-order valence-electron chi connectivity index (χ3n) is 11.0. The van der Waals surface area contributed by atoms with Gasteiger partial charge in [0.15, 0.2) is 5.13 Å². The van der Waals surface area contributed by atoms with Crippen molar-refractivity contribution in [1.29, 1.82) is 0 Å². The number of nitrogens with zero attached hydrogens (tertiary/aromatic N) is 5. The minimum atomic E-state index is -1.42. The monoisotopic (exact) mass is 660 g/mol. The number of pyridine rings is 1. The first-order valence-corrected chi connectivity index (χ1v) is 17.7. The molecule has 48 heavy (non-hydrogen) atoms. The average Bonchev–Trinajstić information content (AvgIpc) is 3.69. The van der Waals surface area contributed by atoms with Crippen molar-refractivity contribution in [2.75, 3.05) is 16.8 Å². The normalized spacial score (nSPS) is 24.1. The van der Waals surface area contributed by atoms with Crippen LogP contribution in [0.3, 0.4) is 0 Å². The lowest BCUT2D eigenvalue weighted by molar-refractivity contribution is -0.0635. The molecule has 11 heteroatoms. The summed E-state index contributed by atoms with van der Waals surface area (Å²) >= 11 is 1.44. The number of amides is 1. The fourth-order valence-corrected chi connectivity index (χ4v) is 10.3. The van der Waals surface area contributed by atoms with Crippen molar-refractivity contribution in [3.8, 4) is 17.0 Å². The smallest absolute Gasteiger partial charge is 0.449 e. The van der Waals surface area contributed by atoms with Gasteiger partial charge in [0.1, 0.15) is 5.82 Å². The van der Waals surface area contributed by atoms with Crippen LogP contribution in [-0.2, 0) is 19.5 Å². The molecule has 2 N–H and O–H groups in total. The first-order chi connectivity index (χ1) is 23.4. The summed E-state index contributed by atoms with van der Waals surface area (Å²) in [6.45, 7) is 2.01. The van der Waals surface area contributed by atoms with Gasteiger partial charge in [0, 0.05) is 42.5 Å². The van der Waals surface area contributed by atoms with Crippen molar-refractivity contribution in [1.82, 2.24) is 19.7 Å². The summed E-state index contributed by atoms with van der Waals surface area (Å²) in [6, 6.07) is 17.4. The highest BCUT2D eigenvalue weighted by atomic mass is 32.1. The van der Waals surface area contributed by atoms with Gasteiger partial charge in [-0.15, -0.1) is 0 Å². The van der Waals surface area contributed by atoms with Gasteiger partial charge in [-0.3, -0.25) is 14.8 Å². The number of carbonyl (C=O) groups excluding carboxylic acids is 1. The summed E-state index contributed by atoms with van der Waals surface area (Å²) in [5.74, 6) is 3.00. The number of fused-ring (bicyclic) bond motifs is 2. The van der Waals surface area contributed by atoms with Crippen LogP contribution in [0.25, 0.3) is 21.3 Å². The molecule has 1 amide bonds. The van der Waals surface area contributed by atoms with Gasteiger partial charge < -0.3 is 14.7 Å². The SMILES string of the molecule is O=C(O)Oc1nc(N2CCc3cccc(C(=O)Nc4nc5ccccc5s4)c3C2)ccc1-c1cnn(CC23CC4CC(CC(C4)C2)C3)c1. The summed E-state index contributed by atoms with van der Waals surface area (Å²) in [7, 11) is 0. The fraction of sp³-hybridized carbons (Fsp3) is 0.378. The number of nitrogens with one attached hydrogen (secondary N) is 1. The molecular formula is C37H36N6O4S. The number of thiazole rings is 1. The van der Waals surface area contributed by atoms with E-state index in [1.165, 1.54) is 49.9 Å². The van der Waals surface area contributed by atoms with Gasteiger partial charge in [0.2, 0.25) is 5.88 Å². The van der Waals surface area contributed by atoms with Gasteiger partial charge in [0.25, 0.3) is 5.91 Å². The highest BCUT2D eigenvalue weighted by molar-refractivity contribution is 7.22. The van der Waals surface area contributed by atoms with Crippen LogP contribution in [0.1, 0.15) is 60.0 Å². The van der Waals surface area contributed by atoms with Crippen LogP contribution in [0.4, 0.5) is 15.7 Å². The lowest BCUT2D eigenvalue weighted by Crippen LogP contribution is -2.47. The molecule has 4 aliphatic carbocycles. The van der Waals surface area contributed by atoms with Crippen molar-refractivity contribution in [2.24, 2.45) is 23.2 Å². The number of benzene rings is 2. The quantitative estimate of drug-likeness (QED) is 0.171. The van der Waals surface area contributed by atoms with Gasteiger partial charge in [0.05, 0.1) is 16.4 Å². The zero-order chi connectivity index (χ0) is 32.4. The first-order valence-electron chi connectivity index (χ1n) is 16.8. The summed E-state index contributed by atoms with van der Waals surface area (Å²) in [5, 5.41) is 17.9. The maximum Gasteiger partial charge on any atom is 0.512 e. The van der Waals surface area contributed by atoms with Crippen molar-refractivity contribution in [2.45, 2.75) is 58.0 Å². The van der Waals surface area contributed by atoms with E-state index in [9.17, 15) is 14.7 Å². The van der Waals surface area contributed by atoms with Crippen LogP contribution in [0.5, 0.6) is 5.88 Å². The molecular weight excluding hydrogens is 625 g/mol. The molecule has 244 valence electrons. The summed E-state index contributed by atoms with van der Waals surface area (Å²) in [6.07, 6.45) is 11.2. The largest absolute Gasteiger partial charge is 0.512 e. The Hall–Kier alpha value is -4.77. The van der Waals surface area contributed by atoms with E-state index >= 15 is 0 Å². The molecule has 4 saturated carbocycles. The molecule has 1 aliphatic heterocycles. The van der Waals surface area contributed by atoms with E-state index in [0.717, 1.165) is 51.2 Å². The van der Waals surface area contributed by atoms with E-state index in [1.54, 1.807) is 6.20 Å². The lowest BCUT2D eigenvalue weighted by Gasteiger charge is -2.56. The Kier molecular flexibility index (Phi) is 7.00. The molecule has 0 saturated heterocycles. The highest BCUT2D eigenvalue weighted by Gasteiger charge is 2.51. The van der Waals surface area contributed by atoms with Crippen LogP contribution in [-0.4, -0.2) is 43.5 Å². The molecule has 10 rings (SSSR count). The molecule has 4 heterocycles. The Labute approximate surface area is 281 Å². The van der Waals surface area contributed by atoms with E-state index in [4.69, 9.17) is 14.8 Å². The van der Waals surface area contributed by atoms with E-state index in [1.807, 2.05) is 59.4 Å². The molecule has 5 aromatic rings. The molecule has 4 fully saturated rings. The van der Waals surface area contributed by atoms with Crippen LogP contribution in [0.15, 0.2) is 67.0 Å². The molecule has 2 aromatic carbocycles. The van der Waals surface area contributed by atoms with Gasteiger partial charge in [-0.25, -0.2) is 9.78 Å². The molecule has 3 aromatic heterocycles. The number of para-hydroxylation sites is 1. The molecule has 0 atom stereocenters. The zero-order valence-electron chi connectivity index (χ0n) is 26.5. The minimum absolute atomic E-state index is 0.0296. The second-order valence-corrected chi connectivity index (χ2v) is 15.3. The van der Waals surface area contributed by atoms with Crippen LogP contribution in [0, 0.1) is 23.2 Å². The van der Waals surface area contributed by atoms with Crippen molar-refractivity contribution in [3.05, 3.63) is 83.7 Å². The summed E-state index contributed by atoms with van der Waals surface area (Å²) < 4.78 is 8.33. The van der Waals surface area contributed by atoms with E-state index < -0.39 is 6.16 Å². The summed E-state index contributed by atoms with van der Waals surface area (Å²) in [5.41, 5.74) is 5.16. The number of hydrogen-bond donors (Lipinski definition) is 2. The van der Waals surface area contributed by atoms with Gasteiger partial charge in [-0.1, -0.05) is 35.6 Å². The van der Waals surface area contributed by atoms with Crippen LogP contribution in [0.2, 0.25) is 0 Å². The second-order valence-electron chi connectivity index (χ2n) is 14.3. The molecule has 5 aliphatic rings. The number of carbonyl (C=O) groups is 2. The number of ether oxygens (including phenoxy) is 1. The number of aromatic nitrogens is 4.